The topological polar surface area (TPSA) is 222 Å². The second-order valence-electron chi connectivity index (χ2n) is 16.0. The van der Waals surface area contributed by atoms with Gasteiger partial charge >= 0.3 is 34.0 Å². The van der Waals surface area contributed by atoms with E-state index in [1.165, 1.54) is 36.8 Å². The van der Waals surface area contributed by atoms with Crippen molar-refractivity contribution < 1.29 is 67.4 Å². The van der Waals surface area contributed by atoms with Crippen LogP contribution in [0, 0.1) is 20.8 Å². The van der Waals surface area contributed by atoms with Crippen molar-refractivity contribution in [3.63, 3.8) is 0 Å². The van der Waals surface area contributed by atoms with E-state index in [0.717, 1.165) is 16.6 Å². The van der Waals surface area contributed by atoms with Gasteiger partial charge in [-0.1, -0.05) is 36.4 Å². The van der Waals surface area contributed by atoms with E-state index >= 15 is 0 Å². The first-order valence-corrected chi connectivity index (χ1v) is 25.9. The number of hydrogen-bond donors (Lipinski definition) is 3. The van der Waals surface area contributed by atoms with Gasteiger partial charge in [-0.05, 0) is 75.4 Å². The molecule has 27 heteroatoms. The number of benzene rings is 3. The van der Waals surface area contributed by atoms with Crippen molar-refractivity contribution in [3.05, 3.63) is 143 Å². The molecule has 0 fully saturated rings. The zero-order valence-corrected chi connectivity index (χ0v) is 41.8. The first-order chi connectivity index (χ1) is 35.5. The summed E-state index contributed by atoms with van der Waals surface area (Å²) in [5, 5.41) is 0.886. The summed E-state index contributed by atoms with van der Waals surface area (Å²) < 4.78 is 163. The highest BCUT2D eigenvalue weighted by Gasteiger charge is 2.32. The molecular formula is C48H42F9N9O6S3. The van der Waals surface area contributed by atoms with Crippen molar-refractivity contribution in [3.8, 4) is 17.2 Å². The molecule has 6 aromatic heterocycles. The molecule has 0 aliphatic rings. The molecule has 3 N–H and O–H groups in total. The standard InChI is InChI=1S/3C16H14F3N3O2S/c3*1-10-13(20-7-6-14(10)24-9-16(17,18)19)8-25(23)15-21-11-4-2-3-5-12(11)22-15/h3*2-7H,8-9H2,1H3,(H,21,22). The van der Waals surface area contributed by atoms with Crippen LogP contribution in [0.15, 0.2) is 125 Å². The second-order valence-corrected chi connectivity index (χ2v) is 20.1. The fourth-order valence-electron chi connectivity index (χ4n) is 6.75. The number of nitrogens with one attached hydrogen (secondary N) is 3. The van der Waals surface area contributed by atoms with Crippen LogP contribution in [-0.4, -0.2) is 96.9 Å². The van der Waals surface area contributed by atoms with Crippen LogP contribution in [0.2, 0.25) is 0 Å². The number of nitrogens with zero attached hydrogens (tertiary/aromatic N) is 6. The third-order valence-electron chi connectivity index (χ3n) is 10.5. The van der Waals surface area contributed by atoms with Crippen LogP contribution < -0.4 is 14.2 Å². The largest absolute Gasteiger partial charge is 0.609 e. The van der Waals surface area contributed by atoms with Crippen molar-refractivity contribution in [1.29, 1.82) is 0 Å². The van der Waals surface area contributed by atoms with E-state index in [4.69, 9.17) is 14.2 Å². The maximum Gasteiger partial charge on any atom is 0.422 e. The van der Waals surface area contributed by atoms with E-state index in [1.807, 2.05) is 54.6 Å². The van der Waals surface area contributed by atoms with Crippen LogP contribution >= 0.6 is 0 Å². The Morgan fingerprint density at radius 2 is 0.667 bits per heavy atom. The summed E-state index contributed by atoms with van der Waals surface area (Å²) in [5.74, 6) is 0.287. The van der Waals surface area contributed by atoms with Crippen LogP contribution in [0.1, 0.15) is 33.8 Å². The smallest absolute Gasteiger partial charge is 0.422 e. The van der Waals surface area contributed by atoms with Gasteiger partial charge in [0.15, 0.2) is 37.1 Å². The predicted octanol–water partition coefficient (Wildman–Crippen LogP) is 10.5. The molecule has 6 heterocycles. The Morgan fingerprint density at radius 1 is 0.413 bits per heavy atom. The lowest BCUT2D eigenvalue weighted by atomic mass is 10.2. The van der Waals surface area contributed by atoms with Crippen molar-refractivity contribution in [2.75, 3.05) is 19.8 Å². The van der Waals surface area contributed by atoms with Gasteiger partial charge in [-0.2, -0.15) is 54.5 Å². The van der Waals surface area contributed by atoms with Gasteiger partial charge in [0.25, 0.3) is 0 Å². The van der Waals surface area contributed by atoms with Gasteiger partial charge in [0, 0.05) is 68.8 Å². The number of para-hydroxylation sites is 6. The molecule has 0 aliphatic carbocycles. The average Bonchev–Trinajstić information content (AvgIpc) is 4.12. The Balaban J connectivity index is 0.000000164. The number of imidazole rings is 3. The zero-order valence-electron chi connectivity index (χ0n) is 39.4. The normalized spacial score (nSPS) is 13.2. The monoisotopic (exact) mass is 1110 g/mol. The molecule has 3 unspecified atom stereocenters. The molecule has 75 heavy (non-hydrogen) atoms. The fraction of sp³-hybridized carbons (Fsp3) is 0.250. The van der Waals surface area contributed by atoms with Crippen molar-refractivity contribution in [2.24, 2.45) is 0 Å². The second kappa shape index (κ2) is 24.3. The summed E-state index contributed by atoms with van der Waals surface area (Å²) in [7, 11) is 0. The number of alkyl halides is 9. The van der Waals surface area contributed by atoms with Crippen molar-refractivity contribution in [2.45, 2.75) is 72.0 Å². The molecule has 0 aliphatic heterocycles. The maximum atomic E-state index is 12.5. The molecule has 3 atom stereocenters. The molecule has 9 aromatic rings. The van der Waals surface area contributed by atoms with Gasteiger partial charge in [-0.15, -0.1) is 0 Å². The molecular weight excluding hydrogens is 1070 g/mol. The molecule has 396 valence electrons. The lowest BCUT2D eigenvalue weighted by Crippen LogP contribution is -2.20. The first-order valence-electron chi connectivity index (χ1n) is 21.9. The van der Waals surface area contributed by atoms with Gasteiger partial charge in [-0.3, -0.25) is 29.9 Å². The van der Waals surface area contributed by atoms with E-state index in [2.05, 4.69) is 44.9 Å². The SMILES string of the molecule is Cc1c(OCC(F)(F)F)ccnc1C[S+]([O-])c1nc2ccccc2[nH]1.Cc1c(OCC(F)(F)F)ccnc1C[S+]([O-])c1nc2ccccc2[nH]1.Cc1c(OCC(F)(F)F)ccnc1C[S+]([O-])c1nc2ccccc2[nH]1. The molecule has 9 rings (SSSR count). The molecule has 0 spiro atoms. The molecule has 0 amide bonds. The number of hydrogen-bond acceptors (Lipinski definition) is 12. The van der Waals surface area contributed by atoms with Gasteiger partial charge in [-0.25, -0.2) is 0 Å². The quantitative estimate of drug-likeness (QED) is 0.0645. The minimum atomic E-state index is -4.42. The Bertz CT molecular complexity index is 2890. The highest BCUT2D eigenvalue weighted by Crippen LogP contribution is 2.29. The molecule has 0 radical (unpaired) electrons. The summed E-state index contributed by atoms with van der Waals surface area (Å²) in [6.07, 6.45) is -9.26. The summed E-state index contributed by atoms with van der Waals surface area (Å²) in [6, 6.07) is 25.9. The van der Waals surface area contributed by atoms with E-state index in [1.54, 1.807) is 39.0 Å². The average molecular weight is 1110 g/mol. The lowest BCUT2D eigenvalue weighted by molar-refractivity contribution is -0.154. The Kier molecular flexibility index (Phi) is 18.1. The summed E-state index contributed by atoms with van der Waals surface area (Å²) in [4.78, 5) is 34.0. The molecule has 15 nitrogen and oxygen atoms in total. The van der Waals surface area contributed by atoms with Crippen LogP contribution in [0.3, 0.4) is 0 Å². The molecule has 0 saturated carbocycles. The van der Waals surface area contributed by atoms with Crippen LogP contribution in [0.5, 0.6) is 17.2 Å². The zero-order chi connectivity index (χ0) is 54.1. The van der Waals surface area contributed by atoms with E-state index in [-0.39, 0.29) is 34.5 Å². The lowest BCUT2D eigenvalue weighted by Gasteiger charge is -2.14. The predicted molar refractivity (Wildman–Crippen MR) is 260 cm³/mol. The van der Waals surface area contributed by atoms with Crippen molar-refractivity contribution in [1.82, 2.24) is 44.9 Å². The van der Waals surface area contributed by atoms with E-state index in [0.29, 0.717) is 65.8 Å². The molecule has 0 bridgehead atoms. The van der Waals surface area contributed by atoms with E-state index < -0.39 is 71.9 Å². The van der Waals surface area contributed by atoms with Crippen LogP contribution in [0.4, 0.5) is 39.5 Å². The number of H-pyrrole nitrogens is 3. The first kappa shape index (κ1) is 56.0. The molecule has 3 aromatic carbocycles. The number of aromatic amines is 3. The van der Waals surface area contributed by atoms with Gasteiger partial charge in [0.05, 0.1) is 50.2 Å². The summed E-state index contributed by atoms with van der Waals surface area (Å²) in [6.45, 7) is 0.607. The van der Waals surface area contributed by atoms with Crippen molar-refractivity contribution >= 4 is 66.6 Å². The van der Waals surface area contributed by atoms with Gasteiger partial charge in [0.1, 0.15) is 17.2 Å². The minimum Gasteiger partial charge on any atom is -0.609 e. The number of pyridine rings is 3. The van der Waals surface area contributed by atoms with Crippen LogP contribution in [0.25, 0.3) is 33.1 Å². The Labute approximate surface area is 429 Å². The Hall–Kier alpha value is -6.78. The summed E-state index contributed by atoms with van der Waals surface area (Å²) >= 11 is -4.54. The number of aromatic nitrogens is 9. The summed E-state index contributed by atoms with van der Waals surface area (Å²) in [5.41, 5.74) is 6.85. The third-order valence-corrected chi connectivity index (χ3v) is 14.0. The highest BCUT2D eigenvalue weighted by atomic mass is 32.2. The third kappa shape index (κ3) is 15.9. The number of fused-ring (bicyclic) bond motifs is 3. The molecule has 0 saturated heterocycles. The number of rotatable bonds is 15. The maximum absolute atomic E-state index is 12.5. The highest BCUT2D eigenvalue weighted by molar-refractivity contribution is 7.91. The van der Waals surface area contributed by atoms with E-state index in [9.17, 15) is 53.2 Å². The Morgan fingerprint density at radius 3 is 0.907 bits per heavy atom. The number of halogens is 9. The number of ether oxygens (including phenoxy) is 3. The van der Waals surface area contributed by atoms with Gasteiger partial charge in [0.2, 0.25) is 0 Å². The van der Waals surface area contributed by atoms with Gasteiger partial charge < -0.3 is 27.9 Å². The van der Waals surface area contributed by atoms with Crippen LogP contribution in [-0.2, 0) is 50.8 Å². The fourth-order valence-corrected chi connectivity index (χ4v) is 10.1. The minimum absolute atomic E-state index is 0.0227.